The fourth-order valence-corrected chi connectivity index (χ4v) is 3.07. The second-order valence-electron chi connectivity index (χ2n) is 5.71. The number of aliphatic carboxylic acids is 1. The largest absolute Gasteiger partial charge is 0.508 e. The van der Waals surface area contributed by atoms with Gasteiger partial charge >= 0.3 is 5.97 Å². The van der Waals surface area contributed by atoms with Gasteiger partial charge in [0, 0.05) is 12.7 Å². The van der Waals surface area contributed by atoms with Gasteiger partial charge < -0.3 is 15.1 Å². The Labute approximate surface area is 124 Å². The third kappa shape index (κ3) is 3.17. The number of aromatic hydroxyl groups is 1. The van der Waals surface area contributed by atoms with E-state index in [1.807, 2.05) is 6.92 Å². The first-order valence-corrected chi connectivity index (χ1v) is 7.23. The highest BCUT2D eigenvalue weighted by Crippen LogP contribution is 2.39. The highest BCUT2D eigenvalue weighted by molar-refractivity contribution is 5.97. The van der Waals surface area contributed by atoms with E-state index in [9.17, 15) is 19.8 Å². The van der Waals surface area contributed by atoms with Gasteiger partial charge in [-0.2, -0.15) is 0 Å². The topological polar surface area (TPSA) is 77.8 Å². The van der Waals surface area contributed by atoms with Gasteiger partial charge in [-0.05, 0) is 43.0 Å². The molecule has 1 aromatic carbocycles. The summed E-state index contributed by atoms with van der Waals surface area (Å²) in [4.78, 5) is 25.5. The van der Waals surface area contributed by atoms with E-state index in [0.29, 0.717) is 24.4 Å². The molecule has 5 heteroatoms. The van der Waals surface area contributed by atoms with E-state index in [1.54, 1.807) is 19.2 Å². The first-order valence-electron chi connectivity index (χ1n) is 7.23. The minimum absolute atomic E-state index is 0.134. The van der Waals surface area contributed by atoms with Gasteiger partial charge in [0.15, 0.2) is 0 Å². The lowest BCUT2D eigenvalue weighted by Gasteiger charge is -2.23. The van der Waals surface area contributed by atoms with E-state index in [-0.39, 0.29) is 11.7 Å². The molecule has 21 heavy (non-hydrogen) atoms. The van der Waals surface area contributed by atoms with Crippen molar-refractivity contribution in [2.75, 3.05) is 11.9 Å². The molecular formula is C16H21NO4. The Morgan fingerprint density at radius 1 is 1.19 bits per heavy atom. The third-order valence-electron chi connectivity index (χ3n) is 4.44. The Balaban J connectivity index is 2.17. The van der Waals surface area contributed by atoms with E-state index in [0.717, 1.165) is 6.42 Å². The van der Waals surface area contributed by atoms with Crippen LogP contribution in [-0.4, -0.2) is 29.1 Å². The Morgan fingerprint density at radius 3 is 2.29 bits per heavy atom. The molecule has 3 atom stereocenters. The van der Waals surface area contributed by atoms with Crippen molar-refractivity contribution in [2.45, 2.75) is 26.2 Å². The summed E-state index contributed by atoms with van der Waals surface area (Å²) in [5, 5.41) is 18.6. The molecule has 0 saturated heterocycles. The normalized spacial score (nSPS) is 24.8. The van der Waals surface area contributed by atoms with E-state index in [1.165, 1.54) is 17.0 Å². The van der Waals surface area contributed by atoms with Crippen LogP contribution in [0.3, 0.4) is 0 Å². The number of nitrogens with zero attached hydrogens (tertiary/aromatic N) is 1. The summed E-state index contributed by atoms with van der Waals surface area (Å²) >= 11 is 0. The van der Waals surface area contributed by atoms with Crippen LogP contribution in [0.4, 0.5) is 5.69 Å². The van der Waals surface area contributed by atoms with Gasteiger partial charge in [-0.3, -0.25) is 9.59 Å². The average Bonchev–Trinajstić information content (AvgIpc) is 2.91. The van der Waals surface area contributed by atoms with E-state index in [2.05, 4.69) is 0 Å². The van der Waals surface area contributed by atoms with Crippen molar-refractivity contribution in [1.82, 2.24) is 0 Å². The molecule has 0 aromatic heterocycles. The van der Waals surface area contributed by atoms with Crippen molar-refractivity contribution < 1.29 is 19.8 Å². The molecule has 0 heterocycles. The number of hydrogen-bond donors (Lipinski definition) is 2. The molecule has 0 aliphatic heterocycles. The summed E-state index contributed by atoms with van der Waals surface area (Å²) in [6.07, 6.45) is 2.11. The van der Waals surface area contributed by atoms with Gasteiger partial charge in [0.25, 0.3) is 0 Å². The molecule has 2 N–H and O–H groups in total. The number of carbonyl (C=O) groups excluding carboxylic acids is 1. The van der Waals surface area contributed by atoms with Gasteiger partial charge in [0.1, 0.15) is 5.75 Å². The summed E-state index contributed by atoms with van der Waals surface area (Å²) in [6.45, 7) is 2.03. The smallest absolute Gasteiger partial charge is 0.307 e. The number of hydrogen-bond acceptors (Lipinski definition) is 3. The van der Waals surface area contributed by atoms with Crippen molar-refractivity contribution in [3.05, 3.63) is 24.3 Å². The zero-order valence-corrected chi connectivity index (χ0v) is 12.3. The van der Waals surface area contributed by atoms with Crippen molar-refractivity contribution in [3.8, 4) is 5.75 Å². The monoisotopic (exact) mass is 291 g/mol. The molecule has 114 valence electrons. The fourth-order valence-electron chi connectivity index (χ4n) is 3.07. The highest BCUT2D eigenvalue weighted by atomic mass is 16.4. The van der Waals surface area contributed by atoms with Gasteiger partial charge in [0.2, 0.25) is 5.91 Å². The summed E-state index contributed by atoms with van der Waals surface area (Å²) in [5.74, 6) is -1.68. The van der Waals surface area contributed by atoms with Gasteiger partial charge in [-0.1, -0.05) is 13.3 Å². The van der Waals surface area contributed by atoms with Crippen LogP contribution in [-0.2, 0) is 9.59 Å². The number of benzene rings is 1. The number of amides is 1. The number of carboxylic acids is 1. The lowest BCUT2D eigenvalue weighted by molar-refractivity contribution is -0.145. The van der Waals surface area contributed by atoms with Crippen molar-refractivity contribution in [1.29, 1.82) is 0 Å². The van der Waals surface area contributed by atoms with Crippen LogP contribution >= 0.6 is 0 Å². The quantitative estimate of drug-likeness (QED) is 0.893. The molecule has 1 aromatic rings. The maximum atomic E-state index is 12.6. The molecular weight excluding hydrogens is 270 g/mol. The zero-order valence-electron chi connectivity index (χ0n) is 12.3. The van der Waals surface area contributed by atoms with Gasteiger partial charge in [0.05, 0.1) is 11.8 Å². The zero-order chi connectivity index (χ0) is 15.6. The SMILES string of the molecule is CCC1C[C@H](C(=O)N(C)c2ccc(O)cc2)[C@H](C(=O)O)C1. The molecule has 1 saturated carbocycles. The highest BCUT2D eigenvalue weighted by Gasteiger charge is 2.43. The standard InChI is InChI=1S/C16H21NO4/c1-3-10-8-13(14(9-10)16(20)21)15(19)17(2)11-4-6-12(18)7-5-11/h4-7,10,13-14,18H,3,8-9H2,1-2H3,(H,20,21)/t10?,13-,14+/m0/s1. The Bertz CT molecular complexity index is 526. The number of carbonyl (C=O) groups is 2. The molecule has 1 amide bonds. The lowest BCUT2D eigenvalue weighted by Crippen LogP contribution is -2.36. The van der Waals surface area contributed by atoms with Gasteiger partial charge in [-0.15, -0.1) is 0 Å². The molecule has 1 unspecified atom stereocenters. The van der Waals surface area contributed by atoms with E-state index < -0.39 is 17.8 Å². The number of rotatable bonds is 4. The van der Waals surface area contributed by atoms with Gasteiger partial charge in [-0.25, -0.2) is 0 Å². The fraction of sp³-hybridized carbons (Fsp3) is 0.500. The number of carboxylic acid groups (broad SMARTS) is 1. The van der Waals surface area contributed by atoms with E-state index in [4.69, 9.17) is 0 Å². The first-order chi connectivity index (χ1) is 9.93. The predicted molar refractivity (Wildman–Crippen MR) is 79.1 cm³/mol. The Hall–Kier alpha value is -2.04. The van der Waals surface area contributed by atoms with Crippen molar-refractivity contribution in [3.63, 3.8) is 0 Å². The second kappa shape index (κ2) is 6.16. The van der Waals surface area contributed by atoms with Crippen LogP contribution in [0.2, 0.25) is 0 Å². The Morgan fingerprint density at radius 2 is 1.76 bits per heavy atom. The van der Waals surface area contributed by atoms with Crippen LogP contribution in [0.5, 0.6) is 5.75 Å². The average molecular weight is 291 g/mol. The summed E-state index contributed by atoms with van der Waals surface area (Å²) in [5.41, 5.74) is 0.655. The molecule has 0 radical (unpaired) electrons. The maximum Gasteiger partial charge on any atom is 0.307 e. The molecule has 0 spiro atoms. The van der Waals surface area contributed by atoms with Crippen molar-refractivity contribution >= 4 is 17.6 Å². The number of anilines is 1. The molecule has 1 fully saturated rings. The molecule has 0 bridgehead atoms. The van der Waals surface area contributed by atoms with E-state index >= 15 is 0 Å². The van der Waals surface area contributed by atoms with Crippen LogP contribution in [0, 0.1) is 17.8 Å². The molecule has 5 nitrogen and oxygen atoms in total. The lowest BCUT2D eigenvalue weighted by atomic mass is 9.94. The summed E-state index contributed by atoms with van der Waals surface area (Å²) in [7, 11) is 1.65. The summed E-state index contributed by atoms with van der Waals surface area (Å²) < 4.78 is 0. The van der Waals surface area contributed by atoms with Crippen LogP contribution in [0.15, 0.2) is 24.3 Å². The molecule has 2 rings (SSSR count). The minimum atomic E-state index is -0.886. The van der Waals surface area contributed by atoms with Crippen LogP contribution in [0.25, 0.3) is 0 Å². The first kappa shape index (κ1) is 15.4. The summed E-state index contributed by atoms with van der Waals surface area (Å²) in [6, 6.07) is 6.32. The molecule has 1 aliphatic rings. The Kier molecular flexibility index (Phi) is 4.50. The number of phenolic OH excluding ortho intramolecular Hbond substituents is 1. The van der Waals surface area contributed by atoms with Crippen molar-refractivity contribution in [2.24, 2.45) is 17.8 Å². The number of phenols is 1. The second-order valence-corrected chi connectivity index (χ2v) is 5.71. The maximum absolute atomic E-state index is 12.6. The predicted octanol–water partition coefficient (Wildman–Crippen LogP) is 2.49. The van der Waals surface area contributed by atoms with Crippen LogP contribution in [0.1, 0.15) is 26.2 Å². The van der Waals surface area contributed by atoms with Crippen LogP contribution < -0.4 is 4.90 Å². The minimum Gasteiger partial charge on any atom is -0.508 e. The molecule has 1 aliphatic carbocycles. The third-order valence-corrected chi connectivity index (χ3v) is 4.44.